The van der Waals surface area contributed by atoms with Crippen LogP contribution in [0.15, 0.2) is 55.1 Å². The summed E-state index contributed by atoms with van der Waals surface area (Å²) in [5, 5.41) is 2.90. The second kappa shape index (κ2) is 9.38. The maximum Gasteiger partial charge on any atom is 0.261 e. The molecule has 1 aliphatic rings. The molecule has 2 aromatic carbocycles. The molecule has 8 heteroatoms. The summed E-state index contributed by atoms with van der Waals surface area (Å²) in [6, 6.07) is 12.3. The van der Waals surface area contributed by atoms with Gasteiger partial charge in [0.1, 0.15) is 0 Å². The van der Waals surface area contributed by atoms with E-state index in [-0.39, 0.29) is 29.5 Å². The zero-order valence-corrected chi connectivity index (χ0v) is 18.9. The molecule has 0 radical (unpaired) electrons. The molecule has 0 atom stereocenters. The molecular weight excluding hydrogens is 418 g/mol. The number of nitrogens with one attached hydrogen (secondary N) is 1. The fourth-order valence-corrected chi connectivity index (χ4v) is 4.08. The van der Waals surface area contributed by atoms with Crippen molar-refractivity contribution >= 4 is 34.7 Å². The van der Waals surface area contributed by atoms with Crippen LogP contribution in [-0.4, -0.2) is 63.3 Å². The molecule has 1 aromatic heterocycles. The third-order valence-electron chi connectivity index (χ3n) is 5.96. The lowest BCUT2D eigenvalue weighted by molar-refractivity contribution is 0.0672. The Morgan fingerprint density at radius 3 is 2.55 bits per heavy atom. The largest absolute Gasteiger partial charge is 0.309 e. The van der Waals surface area contributed by atoms with Crippen LogP contribution >= 0.6 is 0 Å². The summed E-state index contributed by atoms with van der Waals surface area (Å²) in [5.74, 6) is -0.736. The first-order valence-corrected chi connectivity index (χ1v) is 11.1. The molecule has 170 valence electrons. The van der Waals surface area contributed by atoms with Gasteiger partial charge >= 0.3 is 0 Å². The van der Waals surface area contributed by atoms with Crippen LogP contribution in [0.25, 0.3) is 11.0 Å². The number of carbonyl (C=O) groups excluding carboxylic acids is 3. The van der Waals surface area contributed by atoms with Gasteiger partial charge in [-0.15, -0.1) is 6.58 Å². The standard InChI is InChI=1S/C25H27N5O3/c1-4-13-30-23(32)18-12-11-17(16-19(18)24(30)33)22(31)27-25-26-20-9-7-8-10-21(20)29(25)15-14-28(5-2)6-3/h4,7-12,16H,1,5-6,13-15H2,2-3H3,(H,26,27,31). The first-order valence-electron chi connectivity index (χ1n) is 11.1. The highest BCUT2D eigenvalue weighted by Gasteiger charge is 2.35. The minimum Gasteiger partial charge on any atom is -0.309 e. The molecule has 4 rings (SSSR count). The first-order chi connectivity index (χ1) is 16.0. The lowest BCUT2D eigenvalue weighted by Crippen LogP contribution is -2.29. The van der Waals surface area contributed by atoms with Crippen LogP contribution in [0.1, 0.15) is 44.9 Å². The van der Waals surface area contributed by atoms with Crippen LogP contribution in [-0.2, 0) is 6.54 Å². The number of hydrogen-bond donors (Lipinski definition) is 1. The van der Waals surface area contributed by atoms with Gasteiger partial charge in [0.05, 0.1) is 22.2 Å². The number of likely N-dealkylation sites (N-methyl/N-ethyl adjacent to an activating group) is 1. The van der Waals surface area contributed by atoms with Crippen molar-refractivity contribution in [1.29, 1.82) is 0 Å². The predicted molar refractivity (Wildman–Crippen MR) is 127 cm³/mol. The van der Waals surface area contributed by atoms with Crippen molar-refractivity contribution in [3.05, 3.63) is 71.8 Å². The molecule has 1 aliphatic heterocycles. The van der Waals surface area contributed by atoms with Crippen LogP contribution in [0.3, 0.4) is 0 Å². The average molecular weight is 446 g/mol. The maximum atomic E-state index is 13.1. The van der Waals surface area contributed by atoms with E-state index in [1.807, 2.05) is 28.8 Å². The van der Waals surface area contributed by atoms with Gasteiger partial charge in [0.25, 0.3) is 17.7 Å². The lowest BCUT2D eigenvalue weighted by atomic mass is 10.1. The quantitative estimate of drug-likeness (QED) is 0.403. The number of hydrogen-bond acceptors (Lipinski definition) is 5. The van der Waals surface area contributed by atoms with Crippen molar-refractivity contribution in [2.75, 3.05) is 31.5 Å². The Balaban J connectivity index is 1.61. The van der Waals surface area contributed by atoms with E-state index in [0.29, 0.717) is 18.1 Å². The lowest BCUT2D eigenvalue weighted by Gasteiger charge is -2.19. The van der Waals surface area contributed by atoms with Crippen molar-refractivity contribution in [1.82, 2.24) is 19.4 Å². The van der Waals surface area contributed by atoms with Crippen LogP contribution in [0.2, 0.25) is 0 Å². The van der Waals surface area contributed by atoms with Crippen molar-refractivity contribution < 1.29 is 14.4 Å². The van der Waals surface area contributed by atoms with Crippen molar-refractivity contribution in [2.24, 2.45) is 0 Å². The molecule has 0 aliphatic carbocycles. The van der Waals surface area contributed by atoms with Crippen molar-refractivity contribution in [3.63, 3.8) is 0 Å². The number of benzene rings is 2. The number of imide groups is 1. The molecule has 3 amide bonds. The molecule has 0 saturated carbocycles. The van der Waals surface area contributed by atoms with Gasteiger partial charge in [-0.1, -0.05) is 32.1 Å². The number of para-hydroxylation sites is 2. The summed E-state index contributed by atoms with van der Waals surface area (Å²) in [5.41, 5.74) is 2.55. The smallest absolute Gasteiger partial charge is 0.261 e. The highest BCUT2D eigenvalue weighted by molar-refractivity contribution is 6.22. The topological polar surface area (TPSA) is 87.5 Å². The Labute approximate surface area is 192 Å². The van der Waals surface area contributed by atoms with E-state index in [1.165, 1.54) is 18.2 Å². The summed E-state index contributed by atoms with van der Waals surface area (Å²) in [4.78, 5) is 46.2. The monoisotopic (exact) mass is 445 g/mol. The van der Waals surface area contributed by atoms with E-state index in [0.717, 1.165) is 35.6 Å². The SMILES string of the molecule is C=CCN1C(=O)c2ccc(C(=O)Nc3nc4ccccc4n3CCN(CC)CC)cc2C1=O. The van der Waals surface area contributed by atoms with E-state index < -0.39 is 5.91 Å². The van der Waals surface area contributed by atoms with Crippen molar-refractivity contribution in [2.45, 2.75) is 20.4 Å². The molecule has 0 bridgehead atoms. The molecule has 0 saturated heterocycles. The number of aromatic nitrogens is 2. The van der Waals surface area contributed by atoms with E-state index in [2.05, 4.69) is 35.6 Å². The van der Waals surface area contributed by atoms with Gasteiger partial charge in [-0.2, -0.15) is 0 Å². The summed E-state index contributed by atoms with van der Waals surface area (Å²) in [7, 11) is 0. The zero-order chi connectivity index (χ0) is 23.5. The maximum absolute atomic E-state index is 13.1. The number of imidazole rings is 1. The summed E-state index contributed by atoms with van der Waals surface area (Å²) in [6.07, 6.45) is 1.50. The van der Waals surface area contributed by atoms with Crippen molar-refractivity contribution in [3.8, 4) is 0 Å². The Hall–Kier alpha value is -3.78. The highest BCUT2D eigenvalue weighted by atomic mass is 16.2. The van der Waals surface area contributed by atoms with E-state index in [9.17, 15) is 14.4 Å². The molecule has 0 fully saturated rings. The van der Waals surface area contributed by atoms with E-state index in [4.69, 9.17) is 0 Å². The second-order valence-electron chi connectivity index (χ2n) is 7.83. The Morgan fingerprint density at radius 2 is 1.82 bits per heavy atom. The van der Waals surface area contributed by atoms with Gasteiger partial charge in [0, 0.05) is 25.2 Å². The fourth-order valence-electron chi connectivity index (χ4n) is 4.08. The summed E-state index contributed by atoms with van der Waals surface area (Å²) >= 11 is 0. The molecule has 0 unspecified atom stereocenters. The van der Waals surface area contributed by atoms with E-state index >= 15 is 0 Å². The third kappa shape index (κ3) is 4.17. The molecule has 3 aromatic rings. The summed E-state index contributed by atoms with van der Waals surface area (Å²) in [6.45, 7) is 11.3. The third-order valence-corrected chi connectivity index (χ3v) is 5.96. The number of nitrogens with zero attached hydrogens (tertiary/aromatic N) is 4. The van der Waals surface area contributed by atoms with Crippen LogP contribution in [0.5, 0.6) is 0 Å². The summed E-state index contributed by atoms with van der Waals surface area (Å²) < 4.78 is 2.00. The van der Waals surface area contributed by atoms with Crippen LogP contribution in [0.4, 0.5) is 5.95 Å². The predicted octanol–water partition coefficient (Wildman–Crippen LogP) is 3.41. The van der Waals surface area contributed by atoms with Gasteiger partial charge < -0.3 is 9.47 Å². The number of fused-ring (bicyclic) bond motifs is 2. The molecule has 2 heterocycles. The van der Waals surface area contributed by atoms with Gasteiger partial charge in [-0.25, -0.2) is 4.98 Å². The van der Waals surface area contributed by atoms with Gasteiger partial charge in [-0.3, -0.25) is 24.6 Å². The van der Waals surface area contributed by atoms with Crippen LogP contribution in [0, 0.1) is 0 Å². The minimum atomic E-state index is -0.420. The normalized spacial score (nSPS) is 13.1. The Morgan fingerprint density at radius 1 is 1.09 bits per heavy atom. The number of rotatable bonds is 9. The molecule has 1 N–H and O–H groups in total. The van der Waals surface area contributed by atoms with Gasteiger partial charge in [-0.05, 0) is 43.4 Å². The Bertz CT molecular complexity index is 1240. The molecule has 33 heavy (non-hydrogen) atoms. The fraction of sp³-hybridized carbons (Fsp3) is 0.280. The van der Waals surface area contributed by atoms with E-state index in [1.54, 1.807) is 6.07 Å². The molecule has 8 nitrogen and oxygen atoms in total. The first kappa shape index (κ1) is 22.4. The zero-order valence-electron chi connectivity index (χ0n) is 18.9. The van der Waals surface area contributed by atoms with Gasteiger partial charge in [0.15, 0.2) is 0 Å². The molecular formula is C25H27N5O3. The average Bonchev–Trinajstić information content (AvgIpc) is 3.29. The highest BCUT2D eigenvalue weighted by Crippen LogP contribution is 2.25. The molecule has 0 spiro atoms. The minimum absolute atomic E-state index is 0.129. The number of carbonyl (C=O) groups is 3. The number of anilines is 1. The number of amides is 3. The van der Waals surface area contributed by atoms with Gasteiger partial charge in [0.2, 0.25) is 5.95 Å². The second-order valence-corrected chi connectivity index (χ2v) is 7.83. The Kier molecular flexibility index (Phi) is 6.37. The van der Waals surface area contributed by atoms with Crippen LogP contribution < -0.4 is 5.32 Å².